The Morgan fingerprint density at radius 2 is 1.69 bits per heavy atom. The molecule has 2 aromatic carbocycles. The molecule has 3 aromatic rings. The predicted molar refractivity (Wildman–Crippen MR) is 117 cm³/mol. The van der Waals surface area contributed by atoms with E-state index in [0.29, 0.717) is 18.0 Å². The third-order valence-electron chi connectivity index (χ3n) is 4.47. The van der Waals surface area contributed by atoms with Crippen LogP contribution >= 0.6 is 0 Å². The van der Waals surface area contributed by atoms with E-state index in [2.05, 4.69) is 20.8 Å². The summed E-state index contributed by atoms with van der Waals surface area (Å²) in [6, 6.07) is 13.8. The summed E-state index contributed by atoms with van der Waals surface area (Å²) in [6.45, 7) is 5.78. The molecule has 0 fully saturated rings. The molecule has 2 amide bonds. The van der Waals surface area contributed by atoms with Gasteiger partial charge in [0.05, 0.1) is 12.7 Å². The maximum absolute atomic E-state index is 12.5. The van der Waals surface area contributed by atoms with E-state index in [1.165, 1.54) is 0 Å². The first-order valence-corrected chi connectivity index (χ1v) is 10.2. The molecule has 0 aliphatic rings. The number of nitrogens with zero attached hydrogens (tertiary/aromatic N) is 2. The lowest BCUT2D eigenvalue weighted by atomic mass is 10.1. The summed E-state index contributed by atoms with van der Waals surface area (Å²) >= 11 is 0. The second kappa shape index (κ2) is 10.4. The van der Waals surface area contributed by atoms with Crippen molar-refractivity contribution in [2.24, 2.45) is 0 Å². The zero-order chi connectivity index (χ0) is 23.1. The van der Waals surface area contributed by atoms with Crippen molar-refractivity contribution in [2.75, 3.05) is 7.11 Å². The van der Waals surface area contributed by atoms with Gasteiger partial charge in [0.2, 0.25) is 5.89 Å². The molecule has 0 radical (unpaired) electrons. The molecule has 0 spiro atoms. The first kappa shape index (κ1) is 22.8. The number of carbonyl (C=O) groups is 2. The van der Waals surface area contributed by atoms with Crippen LogP contribution in [-0.2, 0) is 11.3 Å². The van der Waals surface area contributed by atoms with Gasteiger partial charge in [0, 0.05) is 18.2 Å². The molecule has 1 aromatic heterocycles. The van der Waals surface area contributed by atoms with Crippen molar-refractivity contribution >= 4 is 12.0 Å². The SMILES string of the molecule is COc1ccc(-c2nnc([C@@H](C)OC(=O)c3ccc(CNC(=O)NC(C)C)cc3)o2)cc1. The molecule has 9 heteroatoms. The largest absolute Gasteiger partial charge is 0.497 e. The molecule has 1 atom stereocenters. The maximum atomic E-state index is 12.5. The van der Waals surface area contributed by atoms with Crippen LogP contribution in [0.1, 0.15) is 48.7 Å². The van der Waals surface area contributed by atoms with Crippen molar-refractivity contribution in [1.29, 1.82) is 0 Å². The molecule has 2 N–H and O–H groups in total. The van der Waals surface area contributed by atoms with Crippen LogP contribution in [0.2, 0.25) is 0 Å². The number of benzene rings is 2. The Balaban J connectivity index is 1.56. The Bertz CT molecular complexity index is 1050. The van der Waals surface area contributed by atoms with E-state index in [9.17, 15) is 9.59 Å². The van der Waals surface area contributed by atoms with Crippen molar-refractivity contribution in [1.82, 2.24) is 20.8 Å². The van der Waals surface area contributed by atoms with Crippen LogP contribution < -0.4 is 15.4 Å². The molecule has 32 heavy (non-hydrogen) atoms. The van der Waals surface area contributed by atoms with Crippen LogP contribution in [0.5, 0.6) is 5.75 Å². The molecule has 0 aliphatic carbocycles. The number of aromatic nitrogens is 2. The molecule has 0 saturated carbocycles. The van der Waals surface area contributed by atoms with Gasteiger partial charge in [-0.2, -0.15) is 0 Å². The lowest BCUT2D eigenvalue weighted by molar-refractivity contribution is 0.0280. The second-order valence-corrected chi connectivity index (χ2v) is 7.40. The molecule has 0 unspecified atom stereocenters. The van der Waals surface area contributed by atoms with Gasteiger partial charge in [0.15, 0.2) is 6.10 Å². The number of urea groups is 1. The summed E-state index contributed by atoms with van der Waals surface area (Å²) < 4.78 is 16.2. The topological polar surface area (TPSA) is 116 Å². The van der Waals surface area contributed by atoms with E-state index >= 15 is 0 Å². The van der Waals surface area contributed by atoms with E-state index in [1.807, 2.05) is 13.8 Å². The highest BCUT2D eigenvalue weighted by molar-refractivity contribution is 5.89. The maximum Gasteiger partial charge on any atom is 0.338 e. The number of carbonyl (C=O) groups excluding carboxylic acids is 2. The quantitative estimate of drug-likeness (QED) is 0.513. The number of rotatable bonds is 8. The lowest BCUT2D eigenvalue weighted by Crippen LogP contribution is -2.39. The zero-order valence-electron chi connectivity index (χ0n) is 18.4. The fraction of sp³-hybridized carbons (Fsp3) is 0.304. The van der Waals surface area contributed by atoms with Gasteiger partial charge in [0.1, 0.15) is 5.75 Å². The molecule has 168 valence electrons. The van der Waals surface area contributed by atoms with Crippen LogP contribution in [0.4, 0.5) is 4.79 Å². The number of hydrogen-bond acceptors (Lipinski definition) is 7. The van der Waals surface area contributed by atoms with E-state index in [4.69, 9.17) is 13.9 Å². The van der Waals surface area contributed by atoms with Crippen LogP contribution in [-0.4, -0.2) is 35.3 Å². The van der Waals surface area contributed by atoms with Crippen LogP contribution in [0.15, 0.2) is 52.9 Å². The molecule has 0 bridgehead atoms. The third kappa shape index (κ3) is 6.07. The molecule has 9 nitrogen and oxygen atoms in total. The molecule has 0 aliphatic heterocycles. The zero-order valence-corrected chi connectivity index (χ0v) is 18.4. The molecule has 0 saturated heterocycles. The molecular weight excluding hydrogens is 412 g/mol. The van der Waals surface area contributed by atoms with Crippen molar-refractivity contribution in [2.45, 2.75) is 39.5 Å². The number of amides is 2. The van der Waals surface area contributed by atoms with E-state index < -0.39 is 12.1 Å². The van der Waals surface area contributed by atoms with Crippen molar-refractivity contribution in [3.63, 3.8) is 0 Å². The van der Waals surface area contributed by atoms with Gasteiger partial charge in [0.25, 0.3) is 5.89 Å². The first-order valence-electron chi connectivity index (χ1n) is 10.2. The Morgan fingerprint density at radius 3 is 2.31 bits per heavy atom. The van der Waals surface area contributed by atoms with Gasteiger partial charge < -0.3 is 24.5 Å². The van der Waals surface area contributed by atoms with E-state index in [0.717, 1.165) is 16.9 Å². The summed E-state index contributed by atoms with van der Waals surface area (Å²) in [6.07, 6.45) is -0.719. The van der Waals surface area contributed by atoms with Crippen LogP contribution in [0, 0.1) is 0 Å². The standard InChI is InChI=1S/C23H26N4O5/c1-14(2)25-23(29)24-13-16-5-7-18(8-6-16)22(28)31-15(3)20-26-27-21(32-20)17-9-11-19(30-4)12-10-17/h5-12,14-15H,13H2,1-4H3,(H2,24,25,29)/t15-/m1/s1. The van der Waals surface area contributed by atoms with Crippen molar-refractivity contribution in [3.8, 4) is 17.2 Å². The van der Waals surface area contributed by atoms with E-state index in [1.54, 1.807) is 62.6 Å². The Morgan fingerprint density at radius 1 is 1.00 bits per heavy atom. The van der Waals surface area contributed by atoms with E-state index in [-0.39, 0.29) is 18.0 Å². The number of hydrogen-bond donors (Lipinski definition) is 2. The molecule has 3 rings (SSSR count). The predicted octanol–water partition coefficient (Wildman–Crippen LogP) is 3.87. The normalized spacial score (nSPS) is 11.7. The minimum Gasteiger partial charge on any atom is -0.497 e. The average molecular weight is 438 g/mol. The lowest BCUT2D eigenvalue weighted by Gasteiger charge is -2.11. The Kier molecular flexibility index (Phi) is 7.43. The number of esters is 1. The highest BCUT2D eigenvalue weighted by atomic mass is 16.6. The highest BCUT2D eigenvalue weighted by Gasteiger charge is 2.20. The second-order valence-electron chi connectivity index (χ2n) is 7.40. The average Bonchev–Trinajstić information content (AvgIpc) is 3.28. The fourth-order valence-corrected chi connectivity index (χ4v) is 2.78. The van der Waals surface area contributed by atoms with Gasteiger partial charge in [-0.05, 0) is 62.7 Å². The third-order valence-corrected chi connectivity index (χ3v) is 4.47. The minimum atomic E-state index is -0.719. The summed E-state index contributed by atoms with van der Waals surface area (Å²) in [4.78, 5) is 24.1. The molecule has 1 heterocycles. The number of nitrogens with one attached hydrogen (secondary N) is 2. The highest BCUT2D eigenvalue weighted by Crippen LogP contribution is 2.24. The van der Waals surface area contributed by atoms with Gasteiger partial charge >= 0.3 is 12.0 Å². The summed E-state index contributed by atoms with van der Waals surface area (Å²) in [5.41, 5.74) is 1.96. The summed E-state index contributed by atoms with van der Waals surface area (Å²) in [5.74, 6) is 0.722. The smallest absolute Gasteiger partial charge is 0.338 e. The minimum absolute atomic E-state index is 0.0558. The number of methoxy groups -OCH3 is 1. The van der Waals surface area contributed by atoms with Gasteiger partial charge in [-0.3, -0.25) is 0 Å². The van der Waals surface area contributed by atoms with Gasteiger partial charge in [-0.1, -0.05) is 12.1 Å². The van der Waals surface area contributed by atoms with Gasteiger partial charge in [-0.15, -0.1) is 10.2 Å². The van der Waals surface area contributed by atoms with Crippen molar-refractivity contribution in [3.05, 3.63) is 65.5 Å². The Hall–Kier alpha value is -3.88. The summed E-state index contributed by atoms with van der Waals surface area (Å²) in [7, 11) is 1.59. The van der Waals surface area contributed by atoms with Crippen molar-refractivity contribution < 1.29 is 23.5 Å². The monoisotopic (exact) mass is 438 g/mol. The summed E-state index contributed by atoms with van der Waals surface area (Å²) in [5, 5.41) is 13.5. The number of ether oxygens (including phenoxy) is 2. The van der Waals surface area contributed by atoms with Crippen LogP contribution in [0.25, 0.3) is 11.5 Å². The Labute approximate surface area is 186 Å². The van der Waals surface area contributed by atoms with Crippen LogP contribution in [0.3, 0.4) is 0 Å². The first-order chi connectivity index (χ1) is 15.4. The molecular formula is C23H26N4O5. The van der Waals surface area contributed by atoms with Gasteiger partial charge in [-0.25, -0.2) is 9.59 Å². The fourth-order valence-electron chi connectivity index (χ4n) is 2.78.